The van der Waals surface area contributed by atoms with E-state index in [9.17, 15) is 41.1 Å². The summed E-state index contributed by atoms with van der Waals surface area (Å²) in [5.41, 5.74) is -4.61. The second-order valence-electron chi connectivity index (χ2n) is 28.7. The number of imidazole rings is 1. The molecule has 516 valence electrons. The molecule has 4 heterocycles. The van der Waals surface area contributed by atoms with Gasteiger partial charge in [0.05, 0.1) is 53.7 Å². The summed E-state index contributed by atoms with van der Waals surface area (Å²) in [6.07, 6.45) is 5.25. The van der Waals surface area contributed by atoms with E-state index in [4.69, 9.17) is 13.8 Å². The molecule has 13 aromatic carbocycles. The van der Waals surface area contributed by atoms with Crippen molar-refractivity contribution in [3.8, 4) is 95.5 Å². The van der Waals surface area contributed by atoms with E-state index in [0.717, 1.165) is 21.9 Å². The first kappa shape index (κ1) is 40.3. The van der Waals surface area contributed by atoms with E-state index >= 15 is 0 Å². The maximum Gasteiger partial charge on any atom is 0.268 e. The van der Waals surface area contributed by atoms with Crippen molar-refractivity contribution in [3.63, 3.8) is 0 Å². The molecule has 16 aromatic rings. The van der Waals surface area contributed by atoms with Crippen LogP contribution < -0.4 is 30.1 Å². The number of nitrogens with zero attached hydrogens (tertiary/aromatic N) is 4. The number of aryl methyl sites for hydroxylation is 2. The van der Waals surface area contributed by atoms with Crippen LogP contribution in [0.4, 0.5) is 0 Å². The number of aromatic nitrogens is 4. The number of rotatable bonds is 11. The second-order valence-corrected chi connectivity index (χ2v) is 32.2. The third kappa shape index (κ3) is 12.0. The van der Waals surface area contributed by atoms with Crippen LogP contribution >= 0.6 is 0 Å². The van der Waals surface area contributed by atoms with E-state index in [1.54, 1.807) is 24.4 Å². The standard InChI is InChI=1S/C98H82N4OSi.Pt/c1-64-30-27-31-65(2)93(64)69-56-86(68-52-71(97(6,7)8)59-72(53-68)98(9,10)11)94-87(57-69)82-44-23-21-42-80(82)81-43-22-24-45-83(81)88-55-67(66-32-28-41-79(54-66)104(76-35-15-12-16-36-76,77-37-17-13-18-38-77)78-39-19-14-20-40-78)58-91-95(88)101(94)63-100(91)73-33-29-34-74(61-73)103-75-48-49-85-84-46-25-26-47-89(84)102(90(85)62-75)92-60-70(50-51-99-92)96(3,4)5;/h12-60H,1-11H3;/q-2;/i1D3,2D3,12D,13D,14D,15D,16D,17D,18D,19D,20D,21D,22D,23D,24D,28D,32D,35D,36D,37D,38D,39D,40D,41D,42D,43D,44D,45D,54D;. The molecule has 0 radical (unpaired) electrons. The number of fused-ring (bicyclic) bond motifs is 10. The SMILES string of the molecule is [2H]c1c([2H])c([2H])c([Si](c2c([2H])c([2H])c([2H])c([2H])c2[2H])(c2c([2H])c([2H])c([2H])c([2H])c2[2H])c2c([2H])c([2H])c([2H])c(-c3cc4c5c(c3)n(-c3[c-]c(Oc6[c-]c7c(cc6)c6ccccc6n7-c6cc(C(C)(C)C)ccn6)ccc3)[c-][n+]5-c3c(-c5cc(C(C)(C)C)cc(C(C)(C)C)c5)cc(-c5c(C([2H])([2H])[2H])cccc5C([2H])([2H])[2H])cc3-c3c([2H])c([2H])c([2H])c([2H])c3-c3c([2H])c([2H])c([2H])c([2H])c3-4)c2[2H])c([2H])c1[2H].[Pt]. The van der Waals surface area contributed by atoms with E-state index in [0.29, 0.717) is 22.5 Å². The molecule has 0 aliphatic carbocycles. The first-order valence-electron chi connectivity index (χ1n) is 50.1. The van der Waals surface area contributed by atoms with Gasteiger partial charge in [-0.3, -0.25) is 4.57 Å². The van der Waals surface area contributed by atoms with Gasteiger partial charge < -0.3 is 13.9 Å². The first-order chi connectivity index (χ1) is 63.9. The molecule has 17 rings (SSSR count). The predicted molar refractivity (Wildman–Crippen MR) is 435 cm³/mol. The predicted octanol–water partition coefficient (Wildman–Crippen LogP) is 21.8. The number of hydrogen-bond donors (Lipinski definition) is 0. The van der Waals surface area contributed by atoms with Crippen LogP contribution in [0, 0.1) is 32.2 Å². The van der Waals surface area contributed by atoms with Crippen molar-refractivity contribution in [2.24, 2.45) is 0 Å². The molecule has 0 bridgehead atoms. The molecule has 0 fully saturated rings. The van der Waals surface area contributed by atoms with E-state index in [1.165, 1.54) is 57.7 Å². The summed E-state index contributed by atoms with van der Waals surface area (Å²) in [7, 11) is -6.64. The molecular formula is C98H82N4OPtSi-2. The number of pyridine rings is 1. The zero-order chi connectivity index (χ0) is 99.9. The smallest absolute Gasteiger partial charge is 0.268 e. The number of hydrogen-bond acceptors (Lipinski definition) is 2. The zero-order valence-corrected chi connectivity index (χ0v) is 61.5. The Labute approximate surface area is 679 Å². The molecule has 0 amide bonds. The monoisotopic (exact) mass is 1590 g/mol. The van der Waals surface area contributed by atoms with Gasteiger partial charge in [-0.1, -0.05) is 292 Å². The summed E-state index contributed by atoms with van der Waals surface area (Å²) >= 11 is 0. The van der Waals surface area contributed by atoms with E-state index in [-0.39, 0.29) is 88.2 Å². The van der Waals surface area contributed by atoms with Crippen molar-refractivity contribution in [1.29, 1.82) is 0 Å². The van der Waals surface area contributed by atoms with Crippen LogP contribution in [0.2, 0.25) is 0 Å². The Balaban J connectivity index is 0.0000138. The Morgan fingerprint density at radius 3 is 1.61 bits per heavy atom. The summed E-state index contributed by atoms with van der Waals surface area (Å²) in [5, 5.41) is -3.02. The normalized spacial score (nSPS) is 16.9. The minimum absolute atomic E-state index is 0. The van der Waals surface area contributed by atoms with Gasteiger partial charge in [-0.05, 0) is 193 Å². The fourth-order valence-corrected chi connectivity index (χ4v) is 17.5. The second kappa shape index (κ2) is 26.6. The molecule has 0 saturated carbocycles. The molecular weight excluding hydrogens is 1470 g/mol. The van der Waals surface area contributed by atoms with Crippen LogP contribution in [0.1, 0.15) is 135 Å². The van der Waals surface area contributed by atoms with Gasteiger partial charge in [0.15, 0.2) is 8.07 Å². The Bertz CT molecular complexity index is 7700. The van der Waals surface area contributed by atoms with Gasteiger partial charge in [-0.15, -0.1) is 29.7 Å². The fraction of sp³-hybridized carbons (Fsp3) is 0.143. The maximum atomic E-state index is 11.3. The van der Waals surface area contributed by atoms with Gasteiger partial charge in [-0.2, -0.15) is 18.2 Å². The molecule has 5 nitrogen and oxygen atoms in total. The van der Waals surface area contributed by atoms with Crippen molar-refractivity contribution in [2.75, 3.05) is 0 Å². The molecule has 7 heteroatoms. The van der Waals surface area contributed by atoms with E-state index in [2.05, 4.69) is 39.2 Å². The zero-order valence-electron chi connectivity index (χ0n) is 91.2. The average Bonchev–Trinajstić information content (AvgIpc) is 0.806. The summed E-state index contributed by atoms with van der Waals surface area (Å²) < 4.78 is 334. The van der Waals surface area contributed by atoms with Gasteiger partial charge in [-0.25, -0.2) is 4.98 Å². The van der Waals surface area contributed by atoms with Crippen LogP contribution in [-0.4, -0.2) is 22.2 Å². The first-order valence-corrected chi connectivity index (χ1v) is 35.6. The molecule has 0 N–H and O–H groups in total. The van der Waals surface area contributed by atoms with Crippen molar-refractivity contribution in [3.05, 3.63) is 343 Å². The van der Waals surface area contributed by atoms with Gasteiger partial charge in [0.1, 0.15) is 5.82 Å². The fourth-order valence-electron chi connectivity index (χ4n) is 13.9. The van der Waals surface area contributed by atoms with Crippen LogP contribution in [0.5, 0.6) is 11.5 Å². The Morgan fingerprint density at radius 2 is 0.990 bits per heavy atom. The summed E-state index contributed by atoms with van der Waals surface area (Å²) in [4.78, 5) is 4.86. The van der Waals surface area contributed by atoms with Crippen molar-refractivity contribution in [1.82, 2.24) is 14.1 Å². The van der Waals surface area contributed by atoms with Gasteiger partial charge in [0.25, 0.3) is 6.33 Å². The number of para-hydroxylation sites is 1. The largest absolute Gasteiger partial charge is 0.510 e. The summed E-state index contributed by atoms with van der Waals surface area (Å²) in [6, 6.07) is 10.5. The minimum atomic E-state index is -6.64. The number of ether oxygens (including phenoxy) is 1. The van der Waals surface area contributed by atoms with E-state index < -0.39 is 267 Å². The molecule has 105 heavy (non-hydrogen) atoms. The Hall–Kier alpha value is -11.0. The molecule has 0 saturated heterocycles. The van der Waals surface area contributed by atoms with Crippen LogP contribution in [-0.2, 0) is 37.3 Å². The van der Waals surface area contributed by atoms with E-state index in [1.807, 2.05) is 107 Å². The molecule has 1 aliphatic heterocycles. The van der Waals surface area contributed by atoms with Crippen LogP contribution in [0.15, 0.2) is 297 Å². The molecule has 0 unspecified atom stereocenters. The van der Waals surface area contributed by atoms with Crippen molar-refractivity contribution in [2.45, 2.75) is 92.3 Å². The van der Waals surface area contributed by atoms with Crippen molar-refractivity contribution >= 4 is 61.7 Å². The topological polar surface area (TPSA) is 35.9 Å². The summed E-state index contributed by atoms with van der Waals surface area (Å²) in [6.45, 7) is 11.7. The van der Waals surface area contributed by atoms with Crippen LogP contribution in [0.25, 0.3) is 117 Å². The van der Waals surface area contributed by atoms with Gasteiger partial charge >= 0.3 is 0 Å². The molecule has 0 spiro atoms. The maximum absolute atomic E-state index is 11.3. The number of benzene rings is 13. The molecule has 3 aromatic heterocycles. The molecule has 1 aliphatic rings. The van der Waals surface area contributed by atoms with Crippen LogP contribution in [0.3, 0.4) is 0 Å². The summed E-state index contributed by atoms with van der Waals surface area (Å²) in [5.74, 6) is 0.649. The average molecular weight is 1590 g/mol. The Morgan fingerprint density at radius 1 is 0.438 bits per heavy atom. The third-order valence-corrected chi connectivity index (χ3v) is 23.1. The minimum Gasteiger partial charge on any atom is -0.510 e. The molecule has 0 atom stereocenters. The third-order valence-electron chi connectivity index (χ3n) is 19.1. The van der Waals surface area contributed by atoms with Gasteiger partial charge in [0, 0.05) is 52.5 Å². The van der Waals surface area contributed by atoms with Gasteiger partial charge in [0.2, 0.25) is 0 Å². The Kier molecular flexibility index (Phi) is 10.2. The van der Waals surface area contributed by atoms with Crippen molar-refractivity contribution < 1.29 is 75.6 Å². The quantitative estimate of drug-likeness (QED) is 0.0560.